The van der Waals surface area contributed by atoms with Crippen LogP contribution in [0.5, 0.6) is 0 Å². The van der Waals surface area contributed by atoms with Crippen molar-refractivity contribution in [3.63, 3.8) is 0 Å². The lowest BCUT2D eigenvalue weighted by atomic mass is 10.1. The molecule has 22 heavy (non-hydrogen) atoms. The SMILES string of the molecule is N#CCC(=NC#N)N(Cc1ccccc1)Cc1ccccc1. The standard InChI is InChI=1S/C18H16N4/c19-12-11-18(21-15-20)22(13-16-7-3-1-4-8-16)14-17-9-5-2-6-10-17/h1-10H,11,13-14H2. The zero-order chi connectivity index (χ0) is 15.6. The summed E-state index contributed by atoms with van der Waals surface area (Å²) >= 11 is 0. The summed E-state index contributed by atoms with van der Waals surface area (Å²) in [5.74, 6) is 0.498. The molecule has 0 saturated heterocycles. The maximum atomic E-state index is 8.98. The fourth-order valence-corrected chi connectivity index (χ4v) is 2.20. The summed E-state index contributed by atoms with van der Waals surface area (Å²) < 4.78 is 0. The van der Waals surface area contributed by atoms with Gasteiger partial charge >= 0.3 is 0 Å². The molecule has 4 heteroatoms. The van der Waals surface area contributed by atoms with E-state index in [4.69, 9.17) is 10.5 Å². The molecule has 0 aliphatic rings. The summed E-state index contributed by atoms with van der Waals surface area (Å²) in [6.45, 7) is 1.22. The van der Waals surface area contributed by atoms with Crippen LogP contribution in [-0.4, -0.2) is 10.7 Å². The van der Waals surface area contributed by atoms with Gasteiger partial charge in [-0.3, -0.25) is 0 Å². The van der Waals surface area contributed by atoms with Gasteiger partial charge in [0.25, 0.3) is 0 Å². The summed E-state index contributed by atoms with van der Waals surface area (Å²) in [7, 11) is 0. The Morgan fingerprint density at radius 3 is 1.77 bits per heavy atom. The van der Waals surface area contributed by atoms with Crippen LogP contribution in [-0.2, 0) is 13.1 Å². The number of amidine groups is 1. The summed E-state index contributed by atoms with van der Waals surface area (Å²) in [5, 5.41) is 17.8. The molecule has 0 aromatic heterocycles. The lowest BCUT2D eigenvalue weighted by Gasteiger charge is -2.24. The van der Waals surface area contributed by atoms with Crippen molar-refractivity contribution in [2.75, 3.05) is 0 Å². The van der Waals surface area contributed by atoms with Gasteiger partial charge in [-0.1, -0.05) is 60.7 Å². The van der Waals surface area contributed by atoms with Crippen molar-refractivity contribution in [1.29, 1.82) is 10.5 Å². The highest BCUT2D eigenvalue weighted by Gasteiger charge is 2.13. The number of benzene rings is 2. The fraction of sp³-hybridized carbons (Fsp3) is 0.167. The molecule has 0 aliphatic heterocycles. The molecule has 2 rings (SSSR count). The first-order chi connectivity index (χ1) is 10.8. The first kappa shape index (κ1) is 15.3. The molecule has 0 saturated carbocycles. The van der Waals surface area contributed by atoms with E-state index in [0.29, 0.717) is 18.9 Å². The zero-order valence-corrected chi connectivity index (χ0v) is 12.2. The Morgan fingerprint density at radius 1 is 0.864 bits per heavy atom. The Balaban J connectivity index is 2.25. The maximum absolute atomic E-state index is 8.98. The van der Waals surface area contributed by atoms with Crippen LogP contribution in [0.25, 0.3) is 0 Å². The highest BCUT2D eigenvalue weighted by atomic mass is 15.2. The number of aliphatic imine (C=N–C) groups is 1. The Labute approximate surface area is 130 Å². The second-order valence-electron chi connectivity index (χ2n) is 4.79. The number of rotatable bonds is 5. The zero-order valence-electron chi connectivity index (χ0n) is 12.2. The van der Waals surface area contributed by atoms with E-state index in [2.05, 4.69) is 11.1 Å². The molecule has 2 aromatic carbocycles. The largest absolute Gasteiger partial charge is 0.350 e. The Morgan fingerprint density at radius 2 is 1.36 bits per heavy atom. The van der Waals surface area contributed by atoms with Gasteiger partial charge in [0.15, 0.2) is 0 Å². The Kier molecular flexibility index (Phi) is 5.72. The third-order valence-corrected chi connectivity index (χ3v) is 3.21. The van der Waals surface area contributed by atoms with E-state index in [0.717, 1.165) is 11.1 Å². The second-order valence-corrected chi connectivity index (χ2v) is 4.79. The molecule has 0 spiro atoms. The third kappa shape index (κ3) is 4.47. The van der Waals surface area contributed by atoms with E-state index in [-0.39, 0.29) is 6.42 Å². The van der Waals surface area contributed by atoms with E-state index < -0.39 is 0 Å². The predicted molar refractivity (Wildman–Crippen MR) is 85.4 cm³/mol. The van der Waals surface area contributed by atoms with Gasteiger partial charge in [-0.2, -0.15) is 15.5 Å². The van der Waals surface area contributed by atoms with Crippen molar-refractivity contribution < 1.29 is 0 Å². The second kappa shape index (κ2) is 8.24. The van der Waals surface area contributed by atoms with Crippen molar-refractivity contribution in [2.24, 2.45) is 4.99 Å². The smallest absolute Gasteiger partial charge is 0.207 e. The third-order valence-electron chi connectivity index (χ3n) is 3.21. The maximum Gasteiger partial charge on any atom is 0.207 e. The minimum Gasteiger partial charge on any atom is -0.350 e. The molecule has 0 fully saturated rings. The normalized spacial score (nSPS) is 10.5. The van der Waals surface area contributed by atoms with Crippen molar-refractivity contribution in [1.82, 2.24) is 4.90 Å². The van der Waals surface area contributed by atoms with Gasteiger partial charge in [-0.25, -0.2) is 0 Å². The summed E-state index contributed by atoms with van der Waals surface area (Å²) in [4.78, 5) is 5.80. The predicted octanol–water partition coefficient (Wildman–Crippen LogP) is 3.48. The molecule has 2 aromatic rings. The van der Waals surface area contributed by atoms with Crippen molar-refractivity contribution in [3.05, 3.63) is 71.8 Å². The molecule has 108 valence electrons. The summed E-state index contributed by atoms with van der Waals surface area (Å²) in [5.41, 5.74) is 2.23. The topological polar surface area (TPSA) is 63.2 Å². The molecular formula is C18H16N4. The van der Waals surface area contributed by atoms with Crippen LogP contribution in [0.3, 0.4) is 0 Å². The van der Waals surface area contributed by atoms with Gasteiger partial charge in [-0.15, -0.1) is 0 Å². The summed E-state index contributed by atoms with van der Waals surface area (Å²) in [6.07, 6.45) is 1.92. The fourth-order valence-electron chi connectivity index (χ4n) is 2.20. The van der Waals surface area contributed by atoms with E-state index in [9.17, 15) is 0 Å². The lowest BCUT2D eigenvalue weighted by molar-refractivity contribution is 0.401. The van der Waals surface area contributed by atoms with Crippen molar-refractivity contribution in [2.45, 2.75) is 19.5 Å². The molecule has 0 amide bonds. The minimum atomic E-state index is 0.118. The molecule has 0 radical (unpaired) electrons. The molecular weight excluding hydrogens is 272 g/mol. The molecule has 0 heterocycles. The molecule has 0 aliphatic carbocycles. The van der Waals surface area contributed by atoms with Gasteiger partial charge < -0.3 is 4.90 Å². The van der Waals surface area contributed by atoms with Crippen LogP contribution in [0, 0.1) is 22.8 Å². The van der Waals surface area contributed by atoms with Gasteiger partial charge in [0.1, 0.15) is 5.84 Å². The Hall–Kier alpha value is -3.11. The quantitative estimate of drug-likeness (QED) is 0.480. The van der Waals surface area contributed by atoms with Crippen LogP contribution in [0.4, 0.5) is 0 Å². The van der Waals surface area contributed by atoms with Gasteiger partial charge in [0.2, 0.25) is 6.19 Å². The van der Waals surface area contributed by atoms with Crippen molar-refractivity contribution >= 4 is 5.84 Å². The van der Waals surface area contributed by atoms with E-state index in [1.807, 2.05) is 65.6 Å². The molecule has 0 unspecified atom stereocenters. The van der Waals surface area contributed by atoms with Gasteiger partial charge in [0.05, 0.1) is 12.5 Å². The van der Waals surface area contributed by atoms with Crippen LogP contribution in [0.1, 0.15) is 17.5 Å². The average molecular weight is 288 g/mol. The number of hydrogen-bond acceptors (Lipinski definition) is 3. The molecule has 0 bridgehead atoms. The first-order valence-electron chi connectivity index (χ1n) is 6.99. The van der Waals surface area contributed by atoms with Gasteiger partial charge in [-0.05, 0) is 11.1 Å². The van der Waals surface area contributed by atoms with E-state index in [1.54, 1.807) is 6.19 Å². The van der Waals surface area contributed by atoms with Crippen LogP contribution in [0.15, 0.2) is 65.7 Å². The van der Waals surface area contributed by atoms with Crippen molar-refractivity contribution in [3.8, 4) is 12.3 Å². The monoisotopic (exact) mass is 288 g/mol. The average Bonchev–Trinajstić information content (AvgIpc) is 2.56. The molecule has 4 nitrogen and oxygen atoms in total. The van der Waals surface area contributed by atoms with Gasteiger partial charge in [0, 0.05) is 13.1 Å². The molecule has 0 N–H and O–H groups in total. The number of nitriles is 2. The molecule has 0 atom stereocenters. The van der Waals surface area contributed by atoms with Crippen LogP contribution < -0.4 is 0 Å². The number of hydrogen-bond donors (Lipinski definition) is 0. The first-order valence-corrected chi connectivity index (χ1v) is 6.99. The highest BCUT2D eigenvalue weighted by Crippen LogP contribution is 2.12. The Bertz CT molecular complexity index is 652. The van der Waals surface area contributed by atoms with Crippen LogP contribution in [0.2, 0.25) is 0 Å². The van der Waals surface area contributed by atoms with Crippen LogP contribution >= 0.6 is 0 Å². The minimum absolute atomic E-state index is 0.118. The highest BCUT2D eigenvalue weighted by molar-refractivity contribution is 5.85. The summed E-state index contributed by atoms with van der Waals surface area (Å²) in [6, 6.07) is 22.0. The number of nitrogens with zero attached hydrogens (tertiary/aromatic N) is 4. The lowest BCUT2D eigenvalue weighted by Crippen LogP contribution is -2.29. The van der Waals surface area contributed by atoms with E-state index in [1.165, 1.54) is 0 Å². The van der Waals surface area contributed by atoms with E-state index >= 15 is 0 Å².